The Hall–Kier alpha value is -1.32. The zero-order valence-electron chi connectivity index (χ0n) is 12.8. The van der Waals surface area contributed by atoms with E-state index in [1.165, 1.54) is 19.3 Å². The van der Waals surface area contributed by atoms with Crippen molar-refractivity contribution in [3.05, 3.63) is 11.9 Å². The number of nitrogens with zero attached hydrogens (tertiary/aromatic N) is 2. The van der Waals surface area contributed by atoms with Crippen molar-refractivity contribution < 1.29 is 4.74 Å². The standard InChI is InChI=1S/C16H27N3O/c1-3-8-14-15(17-11-4-2)18-12-19-16(14)20-13-9-6-5-7-10-13/h12-13H,3-11H2,1-2H3,(H,17,18,19). The van der Waals surface area contributed by atoms with Crippen LogP contribution in [0.4, 0.5) is 5.82 Å². The molecule has 4 nitrogen and oxygen atoms in total. The van der Waals surface area contributed by atoms with Crippen molar-refractivity contribution in [1.82, 2.24) is 9.97 Å². The Kier molecular flexibility index (Phi) is 6.09. The van der Waals surface area contributed by atoms with Crippen molar-refractivity contribution in [2.45, 2.75) is 71.3 Å². The van der Waals surface area contributed by atoms with Crippen LogP contribution in [0.3, 0.4) is 0 Å². The molecule has 20 heavy (non-hydrogen) atoms. The number of hydrogen-bond acceptors (Lipinski definition) is 4. The average molecular weight is 277 g/mol. The Balaban J connectivity index is 2.12. The van der Waals surface area contributed by atoms with Crippen molar-refractivity contribution in [1.29, 1.82) is 0 Å². The zero-order valence-corrected chi connectivity index (χ0v) is 12.8. The minimum absolute atomic E-state index is 0.341. The van der Waals surface area contributed by atoms with Crippen LogP contribution in [0, 0.1) is 0 Å². The maximum Gasteiger partial charge on any atom is 0.222 e. The van der Waals surface area contributed by atoms with Gasteiger partial charge in [-0.15, -0.1) is 0 Å². The molecule has 1 fully saturated rings. The zero-order chi connectivity index (χ0) is 14.2. The van der Waals surface area contributed by atoms with Crippen LogP contribution in [0.1, 0.15) is 64.4 Å². The molecule has 0 spiro atoms. The van der Waals surface area contributed by atoms with Gasteiger partial charge in [-0.3, -0.25) is 0 Å². The van der Waals surface area contributed by atoms with Crippen LogP contribution < -0.4 is 10.1 Å². The third kappa shape index (κ3) is 4.09. The number of aromatic nitrogens is 2. The SMILES string of the molecule is CCCNc1ncnc(OC2CCCCC2)c1CCC. The van der Waals surface area contributed by atoms with Gasteiger partial charge < -0.3 is 10.1 Å². The van der Waals surface area contributed by atoms with E-state index in [-0.39, 0.29) is 0 Å². The van der Waals surface area contributed by atoms with Gasteiger partial charge in [-0.25, -0.2) is 9.97 Å². The molecule has 0 saturated heterocycles. The summed E-state index contributed by atoms with van der Waals surface area (Å²) in [6.07, 6.45) is 11.3. The van der Waals surface area contributed by atoms with Gasteiger partial charge in [0.2, 0.25) is 5.88 Å². The van der Waals surface area contributed by atoms with Gasteiger partial charge in [0.1, 0.15) is 18.2 Å². The molecule has 1 aliphatic rings. The molecule has 112 valence electrons. The smallest absolute Gasteiger partial charge is 0.222 e. The average Bonchev–Trinajstić information content (AvgIpc) is 2.49. The number of hydrogen-bond donors (Lipinski definition) is 1. The minimum atomic E-state index is 0.341. The molecule has 1 saturated carbocycles. The lowest BCUT2D eigenvalue weighted by Gasteiger charge is -2.24. The first-order valence-electron chi connectivity index (χ1n) is 8.09. The summed E-state index contributed by atoms with van der Waals surface area (Å²) >= 11 is 0. The van der Waals surface area contributed by atoms with Crippen LogP contribution in [-0.2, 0) is 6.42 Å². The van der Waals surface area contributed by atoms with E-state index in [4.69, 9.17) is 4.74 Å². The van der Waals surface area contributed by atoms with Crippen molar-refractivity contribution in [2.24, 2.45) is 0 Å². The molecule has 0 radical (unpaired) electrons. The monoisotopic (exact) mass is 277 g/mol. The van der Waals surface area contributed by atoms with Crippen molar-refractivity contribution in [2.75, 3.05) is 11.9 Å². The first-order chi connectivity index (χ1) is 9.85. The normalized spacial score (nSPS) is 16.1. The van der Waals surface area contributed by atoms with Crippen molar-refractivity contribution in [3.8, 4) is 5.88 Å². The van der Waals surface area contributed by atoms with Crippen LogP contribution in [0.15, 0.2) is 6.33 Å². The van der Waals surface area contributed by atoms with Gasteiger partial charge >= 0.3 is 0 Å². The molecule has 0 unspecified atom stereocenters. The fourth-order valence-electron chi connectivity index (χ4n) is 2.71. The predicted molar refractivity (Wildman–Crippen MR) is 82.3 cm³/mol. The van der Waals surface area contributed by atoms with Gasteiger partial charge in [-0.05, 0) is 38.5 Å². The molecule has 0 amide bonds. The molecule has 1 N–H and O–H groups in total. The summed E-state index contributed by atoms with van der Waals surface area (Å²) in [5, 5.41) is 3.39. The summed E-state index contributed by atoms with van der Waals surface area (Å²) in [4.78, 5) is 8.77. The van der Waals surface area contributed by atoms with Crippen LogP contribution in [-0.4, -0.2) is 22.6 Å². The van der Waals surface area contributed by atoms with Crippen LogP contribution >= 0.6 is 0 Å². The highest BCUT2D eigenvalue weighted by molar-refractivity contribution is 5.48. The molecule has 4 heteroatoms. The molecule has 1 aromatic heterocycles. The lowest BCUT2D eigenvalue weighted by Crippen LogP contribution is -2.21. The van der Waals surface area contributed by atoms with Crippen LogP contribution in [0.2, 0.25) is 0 Å². The second kappa shape index (κ2) is 8.08. The molecular formula is C16H27N3O. The molecule has 1 aromatic rings. The fourth-order valence-corrected chi connectivity index (χ4v) is 2.71. The van der Waals surface area contributed by atoms with Gasteiger partial charge in [-0.2, -0.15) is 0 Å². The number of rotatable bonds is 7. The largest absolute Gasteiger partial charge is 0.474 e. The van der Waals surface area contributed by atoms with Gasteiger partial charge in [0, 0.05) is 6.54 Å². The number of nitrogens with one attached hydrogen (secondary N) is 1. The molecule has 0 bridgehead atoms. The first-order valence-corrected chi connectivity index (χ1v) is 8.09. The molecule has 0 atom stereocenters. The molecule has 1 heterocycles. The van der Waals surface area contributed by atoms with E-state index in [0.717, 1.165) is 55.9 Å². The molecule has 2 rings (SSSR count). The second-order valence-corrected chi connectivity index (χ2v) is 5.56. The minimum Gasteiger partial charge on any atom is -0.474 e. The molecular weight excluding hydrogens is 250 g/mol. The lowest BCUT2D eigenvalue weighted by atomic mass is 9.98. The first kappa shape index (κ1) is 15.1. The summed E-state index contributed by atoms with van der Waals surface area (Å²) in [5.41, 5.74) is 1.15. The summed E-state index contributed by atoms with van der Waals surface area (Å²) in [7, 11) is 0. The Bertz CT molecular complexity index is 403. The highest BCUT2D eigenvalue weighted by atomic mass is 16.5. The third-order valence-corrected chi connectivity index (χ3v) is 3.78. The van der Waals surface area contributed by atoms with Gasteiger partial charge in [0.05, 0.1) is 5.56 Å². The van der Waals surface area contributed by atoms with E-state index < -0.39 is 0 Å². The van der Waals surface area contributed by atoms with Gasteiger partial charge in [-0.1, -0.05) is 26.7 Å². The summed E-state index contributed by atoms with van der Waals surface area (Å²) in [6, 6.07) is 0. The van der Waals surface area contributed by atoms with E-state index in [9.17, 15) is 0 Å². The third-order valence-electron chi connectivity index (χ3n) is 3.78. The maximum absolute atomic E-state index is 6.17. The van der Waals surface area contributed by atoms with Crippen LogP contribution in [0.25, 0.3) is 0 Å². The molecule has 1 aliphatic carbocycles. The summed E-state index contributed by atoms with van der Waals surface area (Å²) < 4.78 is 6.17. The Labute approximate surface area is 122 Å². The lowest BCUT2D eigenvalue weighted by molar-refractivity contribution is 0.147. The second-order valence-electron chi connectivity index (χ2n) is 5.56. The number of ether oxygens (including phenoxy) is 1. The van der Waals surface area contributed by atoms with Crippen molar-refractivity contribution in [3.63, 3.8) is 0 Å². The predicted octanol–water partition coefficient (Wildman–Crippen LogP) is 3.96. The van der Waals surface area contributed by atoms with E-state index in [2.05, 4.69) is 29.1 Å². The topological polar surface area (TPSA) is 47.0 Å². The summed E-state index contributed by atoms with van der Waals surface area (Å²) in [6.45, 7) is 5.28. The number of anilines is 1. The Morgan fingerprint density at radius 2 is 1.95 bits per heavy atom. The fraction of sp³-hybridized carbons (Fsp3) is 0.750. The Morgan fingerprint density at radius 1 is 1.15 bits per heavy atom. The Morgan fingerprint density at radius 3 is 2.65 bits per heavy atom. The van der Waals surface area contributed by atoms with E-state index in [1.54, 1.807) is 6.33 Å². The van der Waals surface area contributed by atoms with E-state index in [0.29, 0.717) is 6.10 Å². The van der Waals surface area contributed by atoms with E-state index >= 15 is 0 Å². The quantitative estimate of drug-likeness (QED) is 0.819. The van der Waals surface area contributed by atoms with Crippen molar-refractivity contribution >= 4 is 5.82 Å². The highest BCUT2D eigenvalue weighted by Crippen LogP contribution is 2.28. The van der Waals surface area contributed by atoms with E-state index in [1.807, 2.05) is 0 Å². The maximum atomic E-state index is 6.17. The van der Waals surface area contributed by atoms with Gasteiger partial charge in [0.15, 0.2) is 0 Å². The summed E-state index contributed by atoms with van der Waals surface area (Å²) in [5.74, 6) is 1.75. The molecule has 0 aromatic carbocycles. The molecule has 0 aliphatic heterocycles. The van der Waals surface area contributed by atoms with Gasteiger partial charge in [0.25, 0.3) is 0 Å². The van der Waals surface area contributed by atoms with Crippen LogP contribution in [0.5, 0.6) is 5.88 Å². The highest BCUT2D eigenvalue weighted by Gasteiger charge is 2.19.